The van der Waals surface area contributed by atoms with Crippen LogP contribution in [0.2, 0.25) is 0 Å². The second-order valence-corrected chi connectivity index (χ2v) is 7.78. The number of aromatic nitrogens is 1. The largest absolute Gasteiger partial charge is 0.316 e. The molecule has 0 fully saturated rings. The highest BCUT2D eigenvalue weighted by atomic mass is 127. The monoisotopic (exact) mass is 466 g/mol. The maximum absolute atomic E-state index is 13.2. The van der Waals surface area contributed by atoms with Crippen molar-refractivity contribution in [2.24, 2.45) is 4.99 Å². The van der Waals surface area contributed by atoms with E-state index in [0.29, 0.717) is 16.9 Å². The summed E-state index contributed by atoms with van der Waals surface area (Å²) in [7, 11) is 0. The van der Waals surface area contributed by atoms with Crippen molar-refractivity contribution in [3.63, 3.8) is 0 Å². The average Bonchev–Trinajstić information content (AvgIpc) is 2.91. The number of hydrogen-bond acceptors (Lipinski definition) is 2. The fourth-order valence-corrected chi connectivity index (χ4v) is 4.33. The number of aryl methyl sites for hydroxylation is 1. The van der Waals surface area contributed by atoms with E-state index in [1.807, 2.05) is 36.6 Å². The number of halogens is 2. The van der Waals surface area contributed by atoms with Crippen LogP contribution in [0.1, 0.15) is 22.2 Å². The Bertz CT molecular complexity index is 989. The number of rotatable bonds is 3. The normalized spacial score (nSPS) is 11.8. The van der Waals surface area contributed by atoms with Crippen molar-refractivity contribution in [3.8, 4) is 11.3 Å². The van der Waals surface area contributed by atoms with Gasteiger partial charge in [-0.2, -0.15) is 4.99 Å². The van der Waals surface area contributed by atoms with Crippen LogP contribution in [0, 0.1) is 16.3 Å². The van der Waals surface area contributed by atoms with Gasteiger partial charge >= 0.3 is 0 Å². The quantitative estimate of drug-likeness (QED) is 0.499. The van der Waals surface area contributed by atoms with E-state index in [2.05, 4.69) is 27.6 Å². The van der Waals surface area contributed by atoms with Gasteiger partial charge in [-0.25, -0.2) is 4.39 Å². The molecule has 0 aliphatic rings. The lowest BCUT2D eigenvalue weighted by atomic mass is 10.1. The molecule has 0 unspecified atom stereocenters. The van der Waals surface area contributed by atoms with Gasteiger partial charge in [0.15, 0.2) is 4.80 Å². The minimum absolute atomic E-state index is 0.251. The third-order valence-corrected chi connectivity index (χ3v) is 5.75. The lowest BCUT2D eigenvalue weighted by Gasteiger charge is -2.07. The second-order valence-electron chi connectivity index (χ2n) is 5.44. The van der Waals surface area contributed by atoms with Crippen molar-refractivity contribution in [3.05, 3.63) is 73.2 Å². The lowest BCUT2D eigenvalue weighted by molar-refractivity contribution is 0.0997. The first-order valence-corrected chi connectivity index (χ1v) is 9.70. The molecule has 3 aromatic rings. The van der Waals surface area contributed by atoms with E-state index in [1.54, 1.807) is 18.2 Å². The fourth-order valence-electron chi connectivity index (χ4n) is 2.65. The van der Waals surface area contributed by atoms with Gasteiger partial charge in [-0.3, -0.25) is 4.79 Å². The Morgan fingerprint density at radius 1 is 1.20 bits per heavy atom. The van der Waals surface area contributed by atoms with Crippen LogP contribution in [0.5, 0.6) is 0 Å². The highest BCUT2D eigenvalue weighted by molar-refractivity contribution is 14.1. The third kappa shape index (κ3) is 3.74. The number of carbonyl (C=O) groups is 1. The molecule has 0 spiro atoms. The van der Waals surface area contributed by atoms with Gasteiger partial charge in [0.2, 0.25) is 0 Å². The molecule has 0 aliphatic carbocycles. The van der Waals surface area contributed by atoms with Gasteiger partial charge < -0.3 is 4.57 Å². The summed E-state index contributed by atoms with van der Waals surface area (Å²) in [5, 5.41) is 0. The molecule has 3 rings (SSSR count). The number of carbonyl (C=O) groups excluding carboxylic acids is 1. The first-order valence-electron chi connectivity index (χ1n) is 7.81. The summed E-state index contributed by atoms with van der Waals surface area (Å²) in [6, 6.07) is 13.8. The average molecular weight is 466 g/mol. The zero-order valence-electron chi connectivity index (χ0n) is 13.8. The molecule has 0 bridgehead atoms. The summed E-state index contributed by atoms with van der Waals surface area (Å²) in [5.74, 6) is -0.516. The van der Waals surface area contributed by atoms with Gasteiger partial charge in [0.1, 0.15) is 5.82 Å². The molecule has 0 atom stereocenters. The smallest absolute Gasteiger partial charge is 0.280 e. The van der Waals surface area contributed by atoms with E-state index in [1.165, 1.54) is 23.5 Å². The van der Waals surface area contributed by atoms with Crippen LogP contribution in [0.15, 0.2) is 53.5 Å². The zero-order valence-corrected chi connectivity index (χ0v) is 16.8. The maximum atomic E-state index is 13.2. The van der Waals surface area contributed by atoms with Gasteiger partial charge in [-0.15, -0.1) is 11.3 Å². The van der Waals surface area contributed by atoms with Gasteiger partial charge in [-0.05, 0) is 78.4 Å². The van der Waals surface area contributed by atoms with Crippen molar-refractivity contribution in [1.29, 1.82) is 0 Å². The SMILES string of the molecule is CCn1c(-c2ccc(F)cc2)c(C)sc1=NC(=O)c1ccccc1I. The number of thiazole rings is 1. The molecule has 3 nitrogen and oxygen atoms in total. The van der Waals surface area contributed by atoms with Crippen LogP contribution in [-0.2, 0) is 6.54 Å². The van der Waals surface area contributed by atoms with Crippen LogP contribution in [-0.4, -0.2) is 10.5 Å². The molecule has 6 heteroatoms. The molecule has 25 heavy (non-hydrogen) atoms. The fraction of sp³-hybridized carbons (Fsp3) is 0.158. The molecule has 0 radical (unpaired) electrons. The van der Waals surface area contributed by atoms with Crippen molar-refractivity contribution in [2.45, 2.75) is 20.4 Å². The zero-order chi connectivity index (χ0) is 18.0. The second kappa shape index (κ2) is 7.61. The summed E-state index contributed by atoms with van der Waals surface area (Å²) >= 11 is 3.61. The Balaban J connectivity index is 2.12. The van der Waals surface area contributed by atoms with Crippen molar-refractivity contribution >= 4 is 39.8 Å². The minimum Gasteiger partial charge on any atom is -0.316 e. The Hall–Kier alpha value is -1.80. The van der Waals surface area contributed by atoms with Gasteiger partial charge in [0.05, 0.1) is 11.3 Å². The number of benzene rings is 2. The van der Waals surface area contributed by atoms with E-state index >= 15 is 0 Å². The molecule has 1 amide bonds. The predicted molar refractivity (Wildman–Crippen MR) is 107 cm³/mol. The summed E-state index contributed by atoms with van der Waals surface area (Å²) < 4.78 is 16.1. The molecule has 0 N–H and O–H groups in total. The van der Waals surface area contributed by atoms with Crippen molar-refractivity contribution < 1.29 is 9.18 Å². The van der Waals surface area contributed by atoms with Crippen LogP contribution >= 0.6 is 33.9 Å². The Morgan fingerprint density at radius 2 is 1.88 bits per heavy atom. The molecular weight excluding hydrogens is 450 g/mol. The summed E-state index contributed by atoms with van der Waals surface area (Å²) in [6.07, 6.45) is 0. The lowest BCUT2D eigenvalue weighted by Crippen LogP contribution is -2.17. The van der Waals surface area contributed by atoms with E-state index < -0.39 is 0 Å². The molecule has 128 valence electrons. The topological polar surface area (TPSA) is 34.4 Å². The Labute approximate surface area is 163 Å². The van der Waals surface area contributed by atoms with Crippen LogP contribution in [0.4, 0.5) is 4.39 Å². The first-order chi connectivity index (χ1) is 12.0. The Kier molecular flexibility index (Phi) is 5.48. The maximum Gasteiger partial charge on any atom is 0.280 e. The number of nitrogens with zero attached hydrogens (tertiary/aromatic N) is 2. The van der Waals surface area contributed by atoms with Crippen LogP contribution in [0.3, 0.4) is 0 Å². The predicted octanol–water partition coefficient (Wildman–Crippen LogP) is 5.03. The molecule has 1 heterocycles. The van der Waals surface area contributed by atoms with Crippen LogP contribution in [0.25, 0.3) is 11.3 Å². The minimum atomic E-state index is -0.265. The molecule has 0 aliphatic heterocycles. The summed E-state index contributed by atoms with van der Waals surface area (Å²) in [5.41, 5.74) is 2.49. The van der Waals surface area contributed by atoms with E-state index in [9.17, 15) is 9.18 Å². The highest BCUT2D eigenvalue weighted by Gasteiger charge is 2.14. The van der Waals surface area contributed by atoms with Crippen molar-refractivity contribution in [2.75, 3.05) is 0 Å². The molecule has 0 saturated carbocycles. The number of hydrogen-bond donors (Lipinski definition) is 0. The van der Waals surface area contributed by atoms with E-state index in [0.717, 1.165) is 19.7 Å². The molecule has 0 saturated heterocycles. The third-order valence-electron chi connectivity index (χ3n) is 3.81. The van der Waals surface area contributed by atoms with Gasteiger partial charge in [0, 0.05) is 15.0 Å². The molecular formula is C19H16FIN2OS. The first kappa shape index (κ1) is 18.0. The summed E-state index contributed by atoms with van der Waals surface area (Å²) in [4.78, 5) is 18.6. The highest BCUT2D eigenvalue weighted by Crippen LogP contribution is 2.25. The van der Waals surface area contributed by atoms with Gasteiger partial charge in [-0.1, -0.05) is 12.1 Å². The standard InChI is InChI=1S/C19H16FIN2OS/c1-3-23-17(13-8-10-14(20)11-9-13)12(2)25-19(23)22-18(24)15-6-4-5-7-16(15)21/h4-11H,3H2,1-2H3. The van der Waals surface area contributed by atoms with E-state index in [-0.39, 0.29) is 11.7 Å². The van der Waals surface area contributed by atoms with Gasteiger partial charge in [0.25, 0.3) is 5.91 Å². The molecule has 1 aromatic heterocycles. The van der Waals surface area contributed by atoms with Crippen molar-refractivity contribution in [1.82, 2.24) is 4.57 Å². The summed E-state index contributed by atoms with van der Waals surface area (Å²) in [6.45, 7) is 4.68. The number of amides is 1. The Morgan fingerprint density at radius 3 is 2.52 bits per heavy atom. The van der Waals surface area contributed by atoms with Crippen LogP contribution < -0.4 is 4.80 Å². The molecule has 2 aromatic carbocycles. The van der Waals surface area contributed by atoms with E-state index in [4.69, 9.17) is 0 Å².